The van der Waals surface area contributed by atoms with E-state index in [1.165, 1.54) is 0 Å². The standard InChI is InChI=1S/C14H19ClN2O/c1-10(2)17(8-4-7-16)12-5-6-13(11(3)18)14(15)9-12/h5-6,9-11,18H,4,8H2,1-3H3. The van der Waals surface area contributed by atoms with Crippen LogP contribution < -0.4 is 4.90 Å². The molecule has 0 aliphatic rings. The van der Waals surface area contributed by atoms with E-state index < -0.39 is 6.10 Å². The average Bonchev–Trinajstić information content (AvgIpc) is 2.28. The molecule has 1 aromatic carbocycles. The Bertz CT molecular complexity index is 438. The number of nitrogens with zero attached hydrogens (tertiary/aromatic N) is 2. The summed E-state index contributed by atoms with van der Waals surface area (Å²) in [7, 11) is 0. The molecule has 0 saturated heterocycles. The van der Waals surface area contributed by atoms with Gasteiger partial charge in [0.2, 0.25) is 0 Å². The maximum Gasteiger partial charge on any atom is 0.0776 e. The van der Waals surface area contributed by atoms with E-state index >= 15 is 0 Å². The second-order valence-electron chi connectivity index (χ2n) is 4.58. The number of rotatable bonds is 5. The molecule has 1 rings (SSSR count). The Morgan fingerprint density at radius 1 is 1.39 bits per heavy atom. The minimum Gasteiger partial charge on any atom is -0.389 e. The highest BCUT2D eigenvalue weighted by atomic mass is 35.5. The fraction of sp³-hybridized carbons (Fsp3) is 0.500. The fourth-order valence-electron chi connectivity index (χ4n) is 1.89. The number of hydrogen-bond acceptors (Lipinski definition) is 3. The van der Waals surface area contributed by atoms with E-state index in [1.807, 2.05) is 18.2 Å². The quantitative estimate of drug-likeness (QED) is 0.887. The number of anilines is 1. The molecule has 0 saturated carbocycles. The number of aliphatic hydroxyl groups excluding tert-OH is 1. The molecule has 4 heteroatoms. The smallest absolute Gasteiger partial charge is 0.0776 e. The van der Waals surface area contributed by atoms with Crippen molar-refractivity contribution in [3.63, 3.8) is 0 Å². The lowest BCUT2D eigenvalue weighted by Crippen LogP contribution is -2.31. The van der Waals surface area contributed by atoms with Gasteiger partial charge < -0.3 is 10.0 Å². The molecular weight excluding hydrogens is 248 g/mol. The number of hydrogen-bond donors (Lipinski definition) is 1. The molecule has 0 radical (unpaired) electrons. The average molecular weight is 267 g/mol. The fourth-order valence-corrected chi connectivity index (χ4v) is 2.22. The molecule has 1 aromatic rings. The monoisotopic (exact) mass is 266 g/mol. The van der Waals surface area contributed by atoms with E-state index in [9.17, 15) is 5.11 Å². The highest BCUT2D eigenvalue weighted by Gasteiger charge is 2.13. The summed E-state index contributed by atoms with van der Waals surface area (Å²) in [6, 6.07) is 8.07. The van der Waals surface area contributed by atoms with Gasteiger partial charge in [-0.1, -0.05) is 17.7 Å². The largest absolute Gasteiger partial charge is 0.389 e. The summed E-state index contributed by atoms with van der Waals surface area (Å²) >= 11 is 6.16. The molecule has 0 amide bonds. The van der Waals surface area contributed by atoms with Gasteiger partial charge in [-0.15, -0.1) is 0 Å². The molecule has 3 nitrogen and oxygen atoms in total. The van der Waals surface area contributed by atoms with Crippen molar-refractivity contribution in [1.29, 1.82) is 5.26 Å². The van der Waals surface area contributed by atoms with Crippen LogP contribution in [0.4, 0.5) is 5.69 Å². The molecule has 98 valence electrons. The molecule has 18 heavy (non-hydrogen) atoms. The Hall–Kier alpha value is -1.24. The van der Waals surface area contributed by atoms with Crippen LogP contribution in [0.5, 0.6) is 0 Å². The molecule has 0 aliphatic carbocycles. The number of halogens is 1. The first kappa shape index (κ1) is 14.8. The zero-order chi connectivity index (χ0) is 13.7. The topological polar surface area (TPSA) is 47.3 Å². The van der Waals surface area contributed by atoms with E-state index in [4.69, 9.17) is 16.9 Å². The number of aliphatic hydroxyl groups is 1. The van der Waals surface area contributed by atoms with Crippen LogP contribution in [0.25, 0.3) is 0 Å². The number of nitriles is 1. The first-order valence-corrected chi connectivity index (χ1v) is 6.46. The Kier molecular flexibility index (Phi) is 5.46. The van der Waals surface area contributed by atoms with Gasteiger partial charge in [-0.05, 0) is 38.5 Å². The lowest BCUT2D eigenvalue weighted by atomic mass is 10.1. The minimum atomic E-state index is -0.571. The lowest BCUT2D eigenvalue weighted by molar-refractivity contribution is 0.199. The molecule has 1 N–H and O–H groups in total. The molecule has 0 spiro atoms. The van der Waals surface area contributed by atoms with Crippen LogP contribution in [0, 0.1) is 11.3 Å². The van der Waals surface area contributed by atoms with Crippen molar-refractivity contribution in [2.45, 2.75) is 39.3 Å². The molecule has 0 heterocycles. The normalized spacial score (nSPS) is 12.3. The van der Waals surface area contributed by atoms with Crippen LogP contribution >= 0.6 is 11.6 Å². The van der Waals surface area contributed by atoms with Crippen LogP contribution in [-0.2, 0) is 0 Å². The summed E-state index contributed by atoms with van der Waals surface area (Å²) in [5, 5.41) is 18.8. The van der Waals surface area contributed by atoms with Gasteiger partial charge in [-0.25, -0.2) is 0 Å². The van der Waals surface area contributed by atoms with E-state index in [-0.39, 0.29) is 0 Å². The third-order valence-electron chi connectivity index (χ3n) is 2.85. The third kappa shape index (κ3) is 3.63. The van der Waals surface area contributed by atoms with Gasteiger partial charge in [-0.2, -0.15) is 5.26 Å². The highest BCUT2D eigenvalue weighted by Crippen LogP contribution is 2.28. The second kappa shape index (κ2) is 6.63. The van der Waals surface area contributed by atoms with E-state index in [0.29, 0.717) is 24.0 Å². The van der Waals surface area contributed by atoms with E-state index in [2.05, 4.69) is 24.8 Å². The van der Waals surface area contributed by atoms with Crippen LogP contribution in [0.1, 0.15) is 38.9 Å². The van der Waals surface area contributed by atoms with Crippen molar-refractivity contribution < 1.29 is 5.11 Å². The Morgan fingerprint density at radius 3 is 2.50 bits per heavy atom. The molecule has 0 aromatic heterocycles. The van der Waals surface area contributed by atoms with Gasteiger partial charge in [0.1, 0.15) is 0 Å². The van der Waals surface area contributed by atoms with Gasteiger partial charge >= 0.3 is 0 Å². The van der Waals surface area contributed by atoms with Gasteiger partial charge in [0.15, 0.2) is 0 Å². The molecule has 0 bridgehead atoms. The summed E-state index contributed by atoms with van der Waals surface area (Å²) in [6.45, 7) is 6.52. The van der Waals surface area contributed by atoms with Crippen LogP contribution in [0.2, 0.25) is 5.02 Å². The second-order valence-corrected chi connectivity index (χ2v) is 4.98. The van der Waals surface area contributed by atoms with Crippen molar-refractivity contribution in [2.75, 3.05) is 11.4 Å². The number of benzene rings is 1. The highest BCUT2D eigenvalue weighted by molar-refractivity contribution is 6.31. The maximum atomic E-state index is 9.54. The van der Waals surface area contributed by atoms with E-state index in [1.54, 1.807) is 6.92 Å². The molecular formula is C14H19ClN2O. The molecule has 0 aliphatic heterocycles. The predicted octanol–water partition coefficient (Wildman–Crippen LogP) is 3.52. The Labute approximate surface area is 114 Å². The summed E-state index contributed by atoms with van der Waals surface area (Å²) in [5.41, 5.74) is 1.71. The van der Waals surface area contributed by atoms with Gasteiger partial charge in [0.05, 0.1) is 18.6 Å². The summed E-state index contributed by atoms with van der Waals surface area (Å²) < 4.78 is 0. The maximum absolute atomic E-state index is 9.54. The van der Waals surface area contributed by atoms with Crippen molar-refractivity contribution in [3.8, 4) is 6.07 Å². The molecule has 1 atom stereocenters. The van der Waals surface area contributed by atoms with Gasteiger partial charge in [0, 0.05) is 23.3 Å². The van der Waals surface area contributed by atoms with E-state index in [0.717, 1.165) is 11.3 Å². The van der Waals surface area contributed by atoms with Gasteiger partial charge in [-0.3, -0.25) is 0 Å². The van der Waals surface area contributed by atoms with Crippen molar-refractivity contribution in [3.05, 3.63) is 28.8 Å². The first-order valence-electron chi connectivity index (χ1n) is 6.08. The molecule has 1 unspecified atom stereocenters. The lowest BCUT2D eigenvalue weighted by Gasteiger charge is -2.28. The zero-order valence-electron chi connectivity index (χ0n) is 11.0. The summed E-state index contributed by atoms with van der Waals surface area (Å²) in [6.07, 6.45) is -0.0910. The van der Waals surface area contributed by atoms with Crippen molar-refractivity contribution >= 4 is 17.3 Å². The van der Waals surface area contributed by atoms with Crippen LogP contribution in [0.3, 0.4) is 0 Å². The summed E-state index contributed by atoms with van der Waals surface area (Å²) in [5.74, 6) is 0. The SMILES string of the molecule is CC(O)c1ccc(N(CCC#N)C(C)C)cc1Cl. The molecule has 0 fully saturated rings. The van der Waals surface area contributed by atoms with Gasteiger partial charge in [0.25, 0.3) is 0 Å². The van der Waals surface area contributed by atoms with Crippen LogP contribution in [-0.4, -0.2) is 17.7 Å². The third-order valence-corrected chi connectivity index (χ3v) is 3.18. The Balaban J connectivity index is 3.00. The predicted molar refractivity (Wildman–Crippen MR) is 74.8 cm³/mol. The minimum absolute atomic E-state index is 0.298. The van der Waals surface area contributed by atoms with Crippen LogP contribution in [0.15, 0.2) is 18.2 Å². The first-order chi connectivity index (χ1) is 8.47. The van der Waals surface area contributed by atoms with Crippen molar-refractivity contribution in [2.24, 2.45) is 0 Å². The Morgan fingerprint density at radius 2 is 2.06 bits per heavy atom. The summed E-state index contributed by atoms with van der Waals surface area (Å²) in [4.78, 5) is 2.13. The zero-order valence-corrected chi connectivity index (χ0v) is 11.8. The van der Waals surface area contributed by atoms with Crippen molar-refractivity contribution in [1.82, 2.24) is 0 Å².